The lowest BCUT2D eigenvalue weighted by Gasteiger charge is -1.98. The number of fused-ring (bicyclic) bond motifs is 1. The van der Waals surface area contributed by atoms with Gasteiger partial charge in [-0.1, -0.05) is 0 Å². The zero-order chi connectivity index (χ0) is 12.3. The molecule has 0 aliphatic rings. The van der Waals surface area contributed by atoms with E-state index >= 15 is 0 Å². The van der Waals surface area contributed by atoms with Crippen molar-refractivity contribution in [2.75, 3.05) is 11.9 Å². The predicted molar refractivity (Wildman–Crippen MR) is 64.6 cm³/mol. The number of carbonyl (C=O) groups is 1. The second-order valence-electron chi connectivity index (χ2n) is 3.94. The first-order chi connectivity index (χ1) is 8.15. The fraction of sp³-hybridized carbons (Fsp3) is 0.364. The first kappa shape index (κ1) is 11.4. The number of rotatable bonds is 5. The number of pyridine rings is 1. The van der Waals surface area contributed by atoms with Gasteiger partial charge in [0.05, 0.1) is 0 Å². The maximum Gasteiger partial charge on any atom is 0.243 e. The Morgan fingerprint density at radius 1 is 1.59 bits per heavy atom. The van der Waals surface area contributed by atoms with Crippen LogP contribution >= 0.6 is 0 Å². The van der Waals surface area contributed by atoms with Crippen LogP contribution in [-0.4, -0.2) is 27.0 Å². The third-order valence-electron chi connectivity index (χ3n) is 2.38. The molecule has 0 aliphatic carbocycles. The summed E-state index contributed by atoms with van der Waals surface area (Å²) >= 11 is 0. The molecule has 2 aromatic rings. The third-order valence-corrected chi connectivity index (χ3v) is 2.38. The quantitative estimate of drug-likeness (QED) is 0.745. The minimum Gasteiger partial charge on any atom is -0.370 e. The summed E-state index contributed by atoms with van der Waals surface area (Å²) in [5.41, 5.74) is 7.00. The molecule has 0 unspecified atom stereocenters. The van der Waals surface area contributed by atoms with E-state index in [0.29, 0.717) is 25.3 Å². The van der Waals surface area contributed by atoms with Crippen molar-refractivity contribution in [3.8, 4) is 0 Å². The van der Waals surface area contributed by atoms with E-state index in [1.54, 1.807) is 4.52 Å². The first-order valence-electron chi connectivity index (χ1n) is 5.50. The number of hydrogen-bond donors (Lipinski definition) is 2. The molecule has 6 heteroatoms. The Labute approximate surface area is 98.8 Å². The molecule has 2 heterocycles. The van der Waals surface area contributed by atoms with Crippen LogP contribution in [0.4, 0.5) is 5.95 Å². The number of hydrogen-bond acceptors (Lipinski definition) is 4. The maximum absolute atomic E-state index is 10.5. The lowest BCUT2D eigenvalue weighted by Crippen LogP contribution is -2.13. The fourth-order valence-electron chi connectivity index (χ4n) is 1.52. The number of amides is 1. The van der Waals surface area contributed by atoms with Crippen LogP contribution in [-0.2, 0) is 4.79 Å². The van der Waals surface area contributed by atoms with Crippen molar-refractivity contribution in [2.24, 2.45) is 5.73 Å². The van der Waals surface area contributed by atoms with Crippen LogP contribution in [0, 0.1) is 6.92 Å². The summed E-state index contributed by atoms with van der Waals surface area (Å²) in [6.07, 6.45) is 2.93. The molecule has 0 saturated carbocycles. The van der Waals surface area contributed by atoms with E-state index in [-0.39, 0.29) is 5.91 Å². The van der Waals surface area contributed by atoms with Gasteiger partial charge in [0, 0.05) is 19.2 Å². The molecule has 2 aromatic heterocycles. The van der Waals surface area contributed by atoms with Crippen LogP contribution in [0.15, 0.2) is 18.3 Å². The Morgan fingerprint density at radius 3 is 3.18 bits per heavy atom. The summed E-state index contributed by atoms with van der Waals surface area (Å²) in [5, 5.41) is 7.31. The lowest BCUT2D eigenvalue weighted by molar-refractivity contribution is -0.118. The highest BCUT2D eigenvalue weighted by Crippen LogP contribution is 2.07. The lowest BCUT2D eigenvalue weighted by atomic mass is 10.3. The van der Waals surface area contributed by atoms with Crippen molar-refractivity contribution in [3.05, 3.63) is 23.9 Å². The SMILES string of the molecule is Cc1ccn2nc(NCCCC(N)=O)nc2c1. The van der Waals surface area contributed by atoms with Crippen molar-refractivity contribution in [1.29, 1.82) is 0 Å². The standard InChI is InChI=1S/C11H15N5O/c1-8-4-6-16-10(7-8)14-11(15-16)13-5-2-3-9(12)17/h4,6-7H,2-3,5H2,1H3,(H2,12,17)(H,13,15). The molecule has 0 bridgehead atoms. The Bertz CT molecular complexity index is 534. The summed E-state index contributed by atoms with van der Waals surface area (Å²) in [6, 6.07) is 3.93. The number of aryl methyl sites for hydroxylation is 1. The van der Waals surface area contributed by atoms with E-state index in [1.165, 1.54) is 0 Å². The number of nitrogens with one attached hydrogen (secondary N) is 1. The molecular formula is C11H15N5O. The topological polar surface area (TPSA) is 85.3 Å². The number of nitrogens with zero attached hydrogens (tertiary/aromatic N) is 3. The summed E-state index contributed by atoms with van der Waals surface area (Å²) < 4.78 is 1.71. The Morgan fingerprint density at radius 2 is 2.41 bits per heavy atom. The van der Waals surface area contributed by atoms with Crippen LogP contribution in [0.25, 0.3) is 5.65 Å². The van der Waals surface area contributed by atoms with Gasteiger partial charge in [-0.25, -0.2) is 4.52 Å². The average Bonchev–Trinajstić information content (AvgIpc) is 2.66. The van der Waals surface area contributed by atoms with E-state index < -0.39 is 0 Å². The summed E-state index contributed by atoms with van der Waals surface area (Å²) in [6.45, 7) is 2.65. The molecule has 0 aromatic carbocycles. The molecule has 0 fully saturated rings. The van der Waals surface area contributed by atoms with Crippen LogP contribution in [0.2, 0.25) is 0 Å². The van der Waals surface area contributed by atoms with E-state index in [0.717, 1.165) is 11.2 Å². The second-order valence-corrected chi connectivity index (χ2v) is 3.94. The van der Waals surface area contributed by atoms with Crippen molar-refractivity contribution in [1.82, 2.24) is 14.6 Å². The number of carbonyl (C=O) groups excluding carboxylic acids is 1. The molecule has 0 aliphatic heterocycles. The van der Waals surface area contributed by atoms with Crippen LogP contribution in [0.1, 0.15) is 18.4 Å². The fourth-order valence-corrected chi connectivity index (χ4v) is 1.52. The monoisotopic (exact) mass is 233 g/mol. The minimum atomic E-state index is -0.287. The minimum absolute atomic E-state index is 0.287. The van der Waals surface area contributed by atoms with Crippen LogP contribution in [0.3, 0.4) is 0 Å². The molecule has 17 heavy (non-hydrogen) atoms. The van der Waals surface area contributed by atoms with Gasteiger partial charge in [0.2, 0.25) is 11.9 Å². The van der Waals surface area contributed by atoms with Crippen molar-refractivity contribution in [3.63, 3.8) is 0 Å². The normalized spacial score (nSPS) is 10.6. The number of primary amides is 1. The zero-order valence-electron chi connectivity index (χ0n) is 9.68. The molecule has 2 rings (SSSR count). The Kier molecular flexibility index (Phi) is 3.22. The van der Waals surface area contributed by atoms with Crippen molar-refractivity contribution in [2.45, 2.75) is 19.8 Å². The third kappa shape index (κ3) is 2.93. The largest absolute Gasteiger partial charge is 0.370 e. The van der Waals surface area contributed by atoms with Gasteiger partial charge in [0.1, 0.15) is 0 Å². The number of anilines is 1. The van der Waals surface area contributed by atoms with Gasteiger partial charge < -0.3 is 11.1 Å². The molecule has 0 spiro atoms. The van der Waals surface area contributed by atoms with Crippen molar-refractivity contribution < 1.29 is 4.79 Å². The zero-order valence-corrected chi connectivity index (χ0v) is 9.68. The van der Waals surface area contributed by atoms with E-state index in [9.17, 15) is 4.79 Å². The molecule has 0 radical (unpaired) electrons. The van der Waals surface area contributed by atoms with E-state index in [1.807, 2.05) is 25.3 Å². The summed E-state index contributed by atoms with van der Waals surface area (Å²) in [7, 11) is 0. The van der Waals surface area contributed by atoms with E-state index in [2.05, 4.69) is 15.4 Å². The number of nitrogens with two attached hydrogens (primary N) is 1. The van der Waals surface area contributed by atoms with Gasteiger partial charge in [-0.2, -0.15) is 4.98 Å². The maximum atomic E-state index is 10.5. The van der Waals surface area contributed by atoms with Gasteiger partial charge in [-0.3, -0.25) is 4.79 Å². The molecule has 6 nitrogen and oxygen atoms in total. The highest BCUT2D eigenvalue weighted by atomic mass is 16.1. The molecule has 3 N–H and O–H groups in total. The Hall–Kier alpha value is -2.11. The van der Waals surface area contributed by atoms with Crippen LogP contribution < -0.4 is 11.1 Å². The molecule has 0 atom stereocenters. The molecular weight excluding hydrogens is 218 g/mol. The predicted octanol–water partition coefficient (Wildman–Crippen LogP) is 0.715. The average molecular weight is 233 g/mol. The number of aromatic nitrogens is 3. The van der Waals surface area contributed by atoms with Gasteiger partial charge in [0.15, 0.2) is 5.65 Å². The smallest absolute Gasteiger partial charge is 0.243 e. The summed E-state index contributed by atoms with van der Waals surface area (Å²) in [4.78, 5) is 14.9. The highest BCUT2D eigenvalue weighted by Gasteiger charge is 2.02. The highest BCUT2D eigenvalue weighted by molar-refractivity contribution is 5.73. The molecule has 1 amide bonds. The second kappa shape index (κ2) is 4.82. The molecule has 90 valence electrons. The van der Waals surface area contributed by atoms with Gasteiger partial charge in [0.25, 0.3) is 0 Å². The van der Waals surface area contributed by atoms with Crippen LogP contribution in [0.5, 0.6) is 0 Å². The van der Waals surface area contributed by atoms with Gasteiger partial charge in [-0.05, 0) is 31.0 Å². The van der Waals surface area contributed by atoms with Gasteiger partial charge in [-0.15, -0.1) is 5.10 Å². The van der Waals surface area contributed by atoms with Crippen molar-refractivity contribution >= 4 is 17.5 Å². The Balaban J connectivity index is 1.97. The van der Waals surface area contributed by atoms with E-state index in [4.69, 9.17) is 5.73 Å². The van der Waals surface area contributed by atoms with Gasteiger partial charge >= 0.3 is 0 Å². The first-order valence-corrected chi connectivity index (χ1v) is 5.50. The summed E-state index contributed by atoms with van der Waals surface area (Å²) in [5.74, 6) is 0.283. The molecule has 0 saturated heterocycles.